The van der Waals surface area contributed by atoms with Crippen LogP contribution in [0, 0.1) is 5.92 Å². The lowest BCUT2D eigenvalue weighted by Gasteiger charge is -2.22. The topological polar surface area (TPSA) is 304 Å². The van der Waals surface area contributed by atoms with Gasteiger partial charge in [-0.2, -0.15) is 19.9 Å². The molecule has 7 aromatic rings. The van der Waals surface area contributed by atoms with Gasteiger partial charge < -0.3 is 70.5 Å². The molecular formula is C57H73N17O7. The maximum atomic E-state index is 14.3. The van der Waals surface area contributed by atoms with Crippen LogP contribution in [0.2, 0.25) is 0 Å². The molecule has 10 atom stereocenters. The fourth-order valence-electron chi connectivity index (χ4n) is 12.1. The highest BCUT2D eigenvalue weighted by molar-refractivity contribution is 5.86. The first-order chi connectivity index (χ1) is 39.4. The lowest BCUT2D eigenvalue weighted by molar-refractivity contribution is -0.131. The van der Waals surface area contributed by atoms with Gasteiger partial charge >= 0.3 is 0 Å². The van der Waals surface area contributed by atoms with Gasteiger partial charge in [0.05, 0.1) is 48.8 Å². The number of likely N-dealkylation sites (tertiary alicyclic amines) is 1. The molecule has 2 aliphatic carbocycles. The van der Waals surface area contributed by atoms with Crippen molar-refractivity contribution in [1.29, 1.82) is 0 Å². The standard InChI is InChI=1S/C57H73N17O7/c1-4-43(75)64-39-24-41(50(80)48(39)78)73-32-62-47-53(66-56(68-54(47)73)58-20-17-36-28-70(6-3)30-60-36)63-37-19-22-71(29-37)45(77)23-33-18-21-72(27-33)57-67-52(59-26-38(34-13-9-7-10-14-34)35-15-11-8-12-16-35)46-55(69-57)74(31-61-46)42-25-40(49(79)51(42)81)65-44(76)5-2/h7-16,28,30-33,37-42,48-51,78-81H,4-6,17-27,29H2,1-3H3,(H,64,75)(H,65,76)(H,59,67,69)(H2,58,63,66,68)/t33-,37+,39-,40-,41+,42+,48+,49+,50-,51-/m0/s1. The van der Waals surface area contributed by atoms with Crippen molar-refractivity contribution in [3.05, 3.63) is 103 Å². The van der Waals surface area contributed by atoms with E-state index in [1.54, 1.807) is 42.0 Å². The van der Waals surface area contributed by atoms with Gasteiger partial charge in [0.2, 0.25) is 29.6 Å². The number of aliphatic hydroxyl groups is 4. The first-order valence-corrected chi connectivity index (χ1v) is 28.5. The molecule has 2 saturated heterocycles. The molecule has 81 heavy (non-hydrogen) atoms. The Kier molecular flexibility index (Phi) is 16.4. The quantitative estimate of drug-likeness (QED) is 0.0499. The number of hydrogen-bond acceptors (Lipinski definition) is 18. The Labute approximate surface area is 468 Å². The van der Waals surface area contributed by atoms with Gasteiger partial charge in [0.15, 0.2) is 34.0 Å². The van der Waals surface area contributed by atoms with Gasteiger partial charge in [0.25, 0.3) is 0 Å². The second-order valence-electron chi connectivity index (χ2n) is 21.9. The highest BCUT2D eigenvalue weighted by Gasteiger charge is 2.45. The van der Waals surface area contributed by atoms with Crippen LogP contribution >= 0.6 is 0 Å². The van der Waals surface area contributed by atoms with Gasteiger partial charge in [-0.3, -0.25) is 14.4 Å². The zero-order chi connectivity index (χ0) is 56.3. The molecule has 2 aliphatic heterocycles. The van der Waals surface area contributed by atoms with Crippen LogP contribution in [0.25, 0.3) is 22.3 Å². The zero-order valence-electron chi connectivity index (χ0n) is 45.9. The minimum atomic E-state index is -1.20. The number of aliphatic hydroxyl groups excluding tert-OH is 4. The Morgan fingerprint density at radius 2 is 1.28 bits per heavy atom. The fourth-order valence-corrected chi connectivity index (χ4v) is 12.1. The predicted molar refractivity (Wildman–Crippen MR) is 303 cm³/mol. The van der Waals surface area contributed by atoms with Crippen LogP contribution in [0.15, 0.2) is 85.8 Å². The van der Waals surface area contributed by atoms with Crippen molar-refractivity contribution in [2.24, 2.45) is 5.92 Å². The molecule has 5 aromatic heterocycles. The van der Waals surface area contributed by atoms with Crippen LogP contribution in [0.3, 0.4) is 0 Å². The van der Waals surface area contributed by atoms with Crippen LogP contribution in [-0.2, 0) is 27.3 Å². The molecule has 0 unspecified atom stereocenters. The monoisotopic (exact) mass is 1110 g/mol. The van der Waals surface area contributed by atoms with E-state index >= 15 is 0 Å². The van der Waals surface area contributed by atoms with Crippen LogP contribution in [0.1, 0.15) is 101 Å². The number of fused-ring (bicyclic) bond motifs is 2. The lowest BCUT2D eigenvalue weighted by atomic mass is 9.91. The number of rotatable bonds is 21. The van der Waals surface area contributed by atoms with Gasteiger partial charge in [0, 0.05) is 89.7 Å². The van der Waals surface area contributed by atoms with Crippen LogP contribution in [0.5, 0.6) is 0 Å². The SMILES string of the molecule is CCC(=O)N[C@H]1C[C@@H](n2cnc3c(NCC(c4ccccc4)c4ccccc4)nc(N4CC[C@@H](CC(=O)N5CC[C@@H](Nc6nc(NCCc7cn(CC)cn7)nc7c6ncn7[C@@H]6C[C@H](NC(=O)CC)[C@@H](O)[C@H]6O)C5)C4)nc32)[C@H](O)[C@@H]1O. The van der Waals surface area contributed by atoms with E-state index in [0.29, 0.717) is 104 Å². The number of hydrogen-bond donors (Lipinski definition) is 9. The second kappa shape index (κ2) is 24.1. The first-order valence-electron chi connectivity index (χ1n) is 28.5. The highest BCUT2D eigenvalue weighted by atomic mass is 16.3. The summed E-state index contributed by atoms with van der Waals surface area (Å²) in [6.07, 6.45) is 5.63. The Morgan fingerprint density at radius 1 is 0.667 bits per heavy atom. The third kappa shape index (κ3) is 11.7. The van der Waals surface area contributed by atoms with Crippen molar-refractivity contribution < 1.29 is 34.8 Å². The van der Waals surface area contributed by atoms with Gasteiger partial charge in [0.1, 0.15) is 24.4 Å². The maximum absolute atomic E-state index is 14.3. The third-order valence-electron chi connectivity index (χ3n) is 16.7. The number of imidazole rings is 3. The number of aryl methyl sites for hydroxylation is 1. The summed E-state index contributed by atoms with van der Waals surface area (Å²) in [7, 11) is 0. The molecule has 0 radical (unpaired) electrons. The minimum Gasteiger partial charge on any atom is -0.388 e. The van der Waals surface area contributed by atoms with Crippen LogP contribution in [0.4, 0.5) is 23.5 Å². The largest absolute Gasteiger partial charge is 0.388 e. The molecule has 0 spiro atoms. The summed E-state index contributed by atoms with van der Waals surface area (Å²) >= 11 is 0. The summed E-state index contributed by atoms with van der Waals surface area (Å²) in [5.41, 5.74) is 5.07. The molecule has 9 N–H and O–H groups in total. The number of aromatic nitrogens is 10. The molecule has 0 bridgehead atoms. The Balaban J connectivity index is 0.795. The highest BCUT2D eigenvalue weighted by Crippen LogP contribution is 2.38. The van der Waals surface area contributed by atoms with Crippen molar-refractivity contribution in [3.8, 4) is 0 Å². The summed E-state index contributed by atoms with van der Waals surface area (Å²) in [5.74, 6) is 1.36. The van der Waals surface area contributed by atoms with Gasteiger partial charge in [-0.1, -0.05) is 74.5 Å². The van der Waals surface area contributed by atoms with Crippen molar-refractivity contribution in [2.75, 3.05) is 60.1 Å². The van der Waals surface area contributed by atoms with E-state index in [4.69, 9.17) is 29.9 Å². The molecule has 428 valence electrons. The summed E-state index contributed by atoms with van der Waals surface area (Å²) in [5, 5.41) is 61.1. The minimum absolute atomic E-state index is 0.00886. The van der Waals surface area contributed by atoms with Gasteiger partial charge in [-0.15, -0.1) is 0 Å². The molecule has 4 aliphatic rings. The lowest BCUT2D eigenvalue weighted by Crippen LogP contribution is -2.42. The number of nitrogens with zero attached hydrogens (tertiary/aromatic N) is 12. The molecule has 7 heterocycles. The molecule has 3 amide bonds. The van der Waals surface area contributed by atoms with E-state index in [2.05, 4.69) is 67.7 Å². The number of carbonyl (C=O) groups excluding carboxylic acids is 3. The van der Waals surface area contributed by atoms with E-state index in [1.807, 2.05) is 52.1 Å². The normalized spacial score (nSPS) is 24.6. The third-order valence-corrected chi connectivity index (χ3v) is 16.7. The number of benzene rings is 2. The average molecular weight is 1110 g/mol. The second-order valence-corrected chi connectivity index (χ2v) is 21.9. The van der Waals surface area contributed by atoms with Crippen molar-refractivity contribution in [2.45, 2.75) is 139 Å². The number of anilines is 4. The smallest absolute Gasteiger partial charge is 0.229 e. The van der Waals surface area contributed by atoms with E-state index in [1.165, 1.54) is 0 Å². The summed E-state index contributed by atoms with van der Waals surface area (Å²) in [6, 6.07) is 17.8. The van der Waals surface area contributed by atoms with E-state index < -0.39 is 48.6 Å². The number of carbonyl (C=O) groups is 3. The maximum Gasteiger partial charge on any atom is 0.229 e. The van der Waals surface area contributed by atoms with Gasteiger partial charge in [-0.05, 0) is 49.7 Å². The molecule has 24 heteroatoms. The van der Waals surface area contributed by atoms with E-state index in [-0.39, 0.29) is 61.3 Å². The molecule has 2 aromatic carbocycles. The number of amides is 3. The van der Waals surface area contributed by atoms with E-state index in [0.717, 1.165) is 29.8 Å². The Hall–Kier alpha value is -7.80. The molecule has 2 saturated carbocycles. The van der Waals surface area contributed by atoms with Crippen LogP contribution in [-0.4, -0.2) is 173 Å². The van der Waals surface area contributed by atoms with E-state index in [9.17, 15) is 34.8 Å². The number of nitrogens with one attached hydrogen (secondary N) is 5. The Bertz CT molecular complexity index is 3280. The average Bonchev–Trinajstić information content (AvgIpc) is 4.47. The molecule has 11 rings (SSSR count). The molecular weight excluding hydrogens is 1030 g/mol. The van der Waals surface area contributed by atoms with Crippen molar-refractivity contribution in [3.63, 3.8) is 0 Å². The van der Waals surface area contributed by atoms with Crippen molar-refractivity contribution in [1.82, 2.24) is 64.1 Å². The van der Waals surface area contributed by atoms with Gasteiger partial charge in [-0.25, -0.2) is 15.0 Å². The summed E-state index contributed by atoms with van der Waals surface area (Å²) in [4.78, 5) is 77.0. The fraction of sp³-hybridized carbons (Fsp3) is 0.509. The predicted octanol–water partition coefficient (Wildman–Crippen LogP) is 3.13. The zero-order valence-corrected chi connectivity index (χ0v) is 45.9. The Morgan fingerprint density at radius 3 is 1.89 bits per heavy atom. The summed E-state index contributed by atoms with van der Waals surface area (Å²) in [6.45, 7) is 9.43. The molecule has 24 nitrogen and oxygen atoms in total. The molecule has 4 fully saturated rings. The summed E-state index contributed by atoms with van der Waals surface area (Å²) < 4.78 is 5.54. The first kappa shape index (κ1) is 55.1. The van der Waals surface area contributed by atoms with Crippen LogP contribution < -0.4 is 31.5 Å². The van der Waals surface area contributed by atoms with Crippen molar-refractivity contribution >= 4 is 63.6 Å².